The van der Waals surface area contributed by atoms with E-state index in [4.69, 9.17) is 5.11 Å². The molecule has 1 rings (SSSR count). The summed E-state index contributed by atoms with van der Waals surface area (Å²) < 4.78 is 74.7. The van der Waals surface area contributed by atoms with Crippen LogP contribution in [0.1, 0.15) is 0 Å². The Hall–Kier alpha value is -0.990. The van der Waals surface area contributed by atoms with E-state index in [-0.39, 0.29) is 0 Å². The first-order valence-electron chi connectivity index (χ1n) is 3.19. The zero-order valence-electron chi connectivity index (χ0n) is 6.28. The fourth-order valence-electron chi connectivity index (χ4n) is 1.02. The maximum atomic E-state index is 12.8. The van der Waals surface area contributed by atoms with Gasteiger partial charge in [-0.25, -0.2) is 9.18 Å². The van der Waals surface area contributed by atoms with Gasteiger partial charge in [-0.1, -0.05) is 5.12 Å². The molecule has 0 spiro atoms. The van der Waals surface area contributed by atoms with Crippen LogP contribution in [0.3, 0.4) is 0 Å². The summed E-state index contributed by atoms with van der Waals surface area (Å²) in [7, 11) is 0. The van der Waals surface area contributed by atoms with Crippen molar-refractivity contribution in [3.05, 3.63) is 0 Å². The van der Waals surface area contributed by atoms with E-state index < -0.39 is 35.3 Å². The van der Waals surface area contributed by atoms with Crippen LogP contribution in [0.25, 0.3) is 0 Å². The van der Waals surface area contributed by atoms with Crippen molar-refractivity contribution in [1.82, 2.24) is 5.12 Å². The molecular weight excluding hydrogens is 220 g/mol. The van der Waals surface area contributed by atoms with E-state index in [1.807, 2.05) is 0 Å². The molecule has 0 saturated carbocycles. The lowest BCUT2D eigenvalue weighted by Crippen LogP contribution is -2.57. The van der Waals surface area contributed by atoms with E-state index in [0.29, 0.717) is 0 Å². The normalized spacial score (nSPS) is 35.9. The SMILES string of the molecule is O=C(O)C1(F)N(F)CC(F)(F)C1(F)F. The summed E-state index contributed by atoms with van der Waals surface area (Å²) in [5.41, 5.74) is 0. The monoisotopic (exact) mass is 223 g/mol. The summed E-state index contributed by atoms with van der Waals surface area (Å²) in [6.07, 6.45) is 0. The molecule has 0 amide bonds. The summed E-state index contributed by atoms with van der Waals surface area (Å²) in [6.45, 7) is -2.30. The number of carbonyl (C=O) groups is 1. The van der Waals surface area contributed by atoms with Crippen molar-refractivity contribution < 1.29 is 36.3 Å². The predicted octanol–water partition coefficient (Wildman–Crippen LogP) is 1.21. The van der Waals surface area contributed by atoms with Gasteiger partial charge in [-0.15, -0.1) is 4.48 Å². The van der Waals surface area contributed by atoms with Gasteiger partial charge in [-0.2, -0.15) is 17.6 Å². The van der Waals surface area contributed by atoms with Crippen molar-refractivity contribution in [3.63, 3.8) is 0 Å². The minimum atomic E-state index is -5.61. The zero-order valence-corrected chi connectivity index (χ0v) is 6.28. The van der Waals surface area contributed by atoms with E-state index in [1.54, 1.807) is 0 Å². The van der Waals surface area contributed by atoms with Gasteiger partial charge in [-0.05, 0) is 0 Å². The second kappa shape index (κ2) is 2.53. The Kier molecular flexibility index (Phi) is 2.00. The van der Waals surface area contributed by atoms with Crippen LogP contribution in [0.2, 0.25) is 0 Å². The Morgan fingerprint density at radius 3 is 1.79 bits per heavy atom. The van der Waals surface area contributed by atoms with Gasteiger partial charge >= 0.3 is 23.6 Å². The molecule has 0 radical (unpaired) electrons. The fraction of sp³-hybridized carbons (Fsp3) is 0.800. The summed E-state index contributed by atoms with van der Waals surface area (Å²) >= 11 is 0. The summed E-state index contributed by atoms with van der Waals surface area (Å²) in [4.78, 5) is 9.97. The molecule has 14 heavy (non-hydrogen) atoms. The minimum Gasteiger partial charge on any atom is -0.478 e. The molecule has 1 aliphatic rings. The second-order valence-electron chi connectivity index (χ2n) is 2.73. The molecule has 9 heteroatoms. The predicted molar refractivity (Wildman–Crippen MR) is 29.2 cm³/mol. The van der Waals surface area contributed by atoms with E-state index in [0.717, 1.165) is 0 Å². The fourth-order valence-corrected chi connectivity index (χ4v) is 1.02. The first-order chi connectivity index (χ1) is 6.07. The van der Waals surface area contributed by atoms with E-state index in [2.05, 4.69) is 0 Å². The quantitative estimate of drug-likeness (QED) is 0.412. The van der Waals surface area contributed by atoms with Gasteiger partial charge in [0.2, 0.25) is 0 Å². The molecule has 0 aromatic rings. The molecule has 82 valence electrons. The van der Waals surface area contributed by atoms with Crippen molar-refractivity contribution in [3.8, 4) is 0 Å². The Balaban J connectivity index is 3.27. The Morgan fingerprint density at radius 2 is 1.64 bits per heavy atom. The van der Waals surface area contributed by atoms with Crippen molar-refractivity contribution in [1.29, 1.82) is 0 Å². The van der Waals surface area contributed by atoms with Gasteiger partial charge in [0, 0.05) is 0 Å². The van der Waals surface area contributed by atoms with Crippen molar-refractivity contribution in [2.75, 3.05) is 6.54 Å². The van der Waals surface area contributed by atoms with E-state index in [1.165, 1.54) is 0 Å². The lowest BCUT2D eigenvalue weighted by atomic mass is 10.1. The van der Waals surface area contributed by atoms with E-state index in [9.17, 15) is 31.2 Å². The highest BCUT2D eigenvalue weighted by molar-refractivity contribution is 5.79. The zero-order chi connectivity index (χ0) is 11.4. The first-order valence-corrected chi connectivity index (χ1v) is 3.19. The van der Waals surface area contributed by atoms with Gasteiger partial charge in [-0.3, -0.25) is 0 Å². The Morgan fingerprint density at radius 1 is 1.21 bits per heavy atom. The molecule has 1 N–H and O–H groups in total. The highest BCUT2D eigenvalue weighted by Crippen LogP contribution is 2.52. The Labute approximate surface area is 72.8 Å². The highest BCUT2D eigenvalue weighted by Gasteiger charge is 2.83. The number of carboxylic acid groups (broad SMARTS) is 1. The average Bonchev–Trinajstić information content (AvgIpc) is 2.10. The largest absolute Gasteiger partial charge is 0.478 e. The lowest BCUT2D eigenvalue weighted by molar-refractivity contribution is -0.262. The molecule has 1 atom stereocenters. The number of rotatable bonds is 1. The van der Waals surface area contributed by atoms with Crippen LogP contribution in [-0.2, 0) is 4.79 Å². The van der Waals surface area contributed by atoms with Crippen molar-refractivity contribution in [2.24, 2.45) is 0 Å². The van der Waals surface area contributed by atoms with Crippen LogP contribution in [0.15, 0.2) is 0 Å². The highest BCUT2D eigenvalue weighted by atomic mass is 19.3. The van der Waals surface area contributed by atoms with Crippen LogP contribution in [0.4, 0.5) is 26.4 Å². The molecule has 0 aliphatic carbocycles. The van der Waals surface area contributed by atoms with Gasteiger partial charge < -0.3 is 5.11 Å². The number of halogens is 6. The minimum absolute atomic E-state index is 1.71. The number of aliphatic carboxylic acids is 1. The molecule has 1 saturated heterocycles. The van der Waals surface area contributed by atoms with Crippen molar-refractivity contribution >= 4 is 5.97 Å². The topological polar surface area (TPSA) is 40.5 Å². The third-order valence-electron chi connectivity index (χ3n) is 1.83. The molecule has 1 unspecified atom stereocenters. The number of carboxylic acids is 1. The number of nitrogens with zero attached hydrogens (tertiary/aromatic N) is 1. The molecular formula is C5H3F6NO2. The third-order valence-corrected chi connectivity index (χ3v) is 1.83. The molecule has 0 aromatic heterocycles. The van der Waals surface area contributed by atoms with Crippen LogP contribution >= 0.6 is 0 Å². The van der Waals surface area contributed by atoms with E-state index >= 15 is 0 Å². The molecule has 3 nitrogen and oxygen atoms in total. The smallest absolute Gasteiger partial charge is 0.371 e. The maximum absolute atomic E-state index is 12.8. The molecule has 1 aliphatic heterocycles. The van der Waals surface area contributed by atoms with Crippen LogP contribution in [-0.4, -0.2) is 40.4 Å². The average molecular weight is 223 g/mol. The van der Waals surface area contributed by atoms with Crippen LogP contribution < -0.4 is 0 Å². The number of alkyl halides is 5. The number of hydrogen-bond donors (Lipinski definition) is 1. The van der Waals surface area contributed by atoms with Gasteiger partial charge in [0.1, 0.15) is 6.54 Å². The Bertz CT molecular complexity index is 281. The van der Waals surface area contributed by atoms with Gasteiger partial charge in [0.05, 0.1) is 0 Å². The maximum Gasteiger partial charge on any atom is 0.371 e. The lowest BCUT2D eigenvalue weighted by Gasteiger charge is -2.25. The standard InChI is InChI=1S/C5H3F6NO2/c6-3(7)1-12(11)4(8,2(13)14)5(3,9)10/h1H2,(H,13,14). The molecule has 0 aromatic carbocycles. The molecule has 1 heterocycles. The number of hydrogen-bond acceptors (Lipinski definition) is 2. The summed E-state index contributed by atoms with van der Waals surface area (Å²) in [5, 5.41) is 6.23. The third kappa shape index (κ3) is 0.954. The second-order valence-corrected chi connectivity index (χ2v) is 2.73. The summed E-state index contributed by atoms with van der Waals surface area (Å²) in [6, 6.07) is 0. The first kappa shape index (κ1) is 11.1. The molecule has 0 bridgehead atoms. The van der Waals surface area contributed by atoms with Crippen molar-refractivity contribution in [2.45, 2.75) is 17.6 Å². The molecule has 1 fully saturated rings. The van der Waals surface area contributed by atoms with Crippen LogP contribution in [0, 0.1) is 0 Å². The van der Waals surface area contributed by atoms with Gasteiger partial charge in [0.15, 0.2) is 0 Å². The summed E-state index contributed by atoms with van der Waals surface area (Å²) in [5.74, 6) is -18.7. The van der Waals surface area contributed by atoms with Gasteiger partial charge in [0.25, 0.3) is 0 Å². The van der Waals surface area contributed by atoms with Crippen LogP contribution in [0.5, 0.6) is 0 Å².